The van der Waals surface area contributed by atoms with Crippen molar-refractivity contribution in [2.45, 2.75) is 24.7 Å². The van der Waals surface area contributed by atoms with Crippen LogP contribution in [-0.2, 0) is 13.6 Å². The Morgan fingerprint density at radius 2 is 1.11 bits per heavy atom. The van der Waals surface area contributed by atoms with Crippen molar-refractivity contribution >= 4 is 8.25 Å². The third-order valence-electron chi connectivity index (χ3n) is 1.36. The fourth-order valence-electron chi connectivity index (χ4n) is 0.441. The first-order valence-corrected chi connectivity index (χ1v) is 5.13. The van der Waals surface area contributed by atoms with Crippen LogP contribution in [0, 0.1) is 0 Å². The number of alkyl halides is 8. The summed E-state index contributed by atoms with van der Waals surface area (Å²) >= 11 is 0. The quantitative estimate of drug-likeness (QED) is 0.509. The Labute approximate surface area is 96.0 Å². The zero-order valence-corrected chi connectivity index (χ0v) is 9.16. The molecule has 0 saturated heterocycles. The molecule has 18 heavy (non-hydrogen) atoms. The van der Waals surface area contributed by atoms with E-state index in [0.29, 0.717) is 0 Å². The Balaban J connectivity index is 4.08. The first-order valence-electron chi connectivity index (χ1n) is 4.04. The summed E-state index contributed by atoms with van der Waals surface area (Å²) in [5.74, 6) is -9.31. The van der Waals surface area contributed by atoms with Crippen LogP contribution in [0.15, 0.2) is 0 Å². The average Bonchev–Trinajstić information content (AvgIpc) is 2.23. The summed E-state index contributed by atoms with van der Waals surface area (Å²) in [5.41, 5.74) is 0. The lowest BCUT2D eigenvalue weighted by Gasteiger charge is -2.11. The lowest BCUT2D eigenvalue weighted by atomic mass is 10.4. The second-order valence-electron chi connectivity index (χ2n) is 2.89. The third kappa shape index (κ3) is 5.87. The fourth-order valence-corrected chi connectivity index (χ4v) is 1.07. The number of rotatable bonds is 8. The van der Waals surface area contributed by atoms with Crippen LogP contribution in [0.2, 0.25) is 0 Å². The maximum absolute atomic E-state index is 12.2. The summed E-state index contributed by atoms with van der Waals surface area (Å²) in [6.07, 6.45) is -8.24. The zero-order chi connectivity index (χ0) is 14.6. The summed E-state index contributed by atoms with van der Waals surface area (Å²) < 4.78 is 113. The molecule has 0 amide bonds. The van der Waals surface area contributed by atoms with Crippen molar-refractivity contribution in [3.63, 3.8) is 0 Å². The van der Waals surface area contributed by atoms with Crippen LogP contribution >= 0.6 is 8.25 Å². The van der Waals surface area contributed by atoms with Crippen molar-refractivity contribution in [1.82, 2.24) is 0 Å². The molecule has 0 aliphatic rings. The van der Waals surface area contributed by atoms with Gasteiger partial charge in [-0.1, -0.05) is 0 Å². The van der Waals surface area contributed by atoms with Crippen LogP contribution in [0.3, 0.4) is 0 Å². The lowest BCUT2D eigenvalue weighted by molar-refractivity contribution is -0.156. The Kier molecular flexibility index (Phi) is 6.38. The molecule has 3 nitrogen and oxygen atoms in total. The van der Waals surface area contributed by atoms with Gasteiger partial charge in [0, 0.05) is 4.57 Å². The molecule has 0 spiro atoms. The van der Waals surface area contributed by atoms with E-state index in [1.807, 2.05) is 0 Å². The largest absolute Gasteiger partial charge is 0.697 e. The van der Waals surface area contributed by atoms with Crippen molar-refractivity contribution in [2.24, 2.45) is 0 Å². The minimum Gasteiger partial charge on any atom is -0.203 e. The van der Waals surface area contributed by atoms with Crippen LogP contribution in [0.4, 0.5) is 35.1 Å². The third-order valence-corrected chi connectivity index (χ3v) is 2.04. The second kappa shape index (κ2) is 6.58. The number of halogens is 8. The fraction of sp³-hybridized carbons (Fsp3) is 1.00. The minimum absolute atomic E-state index is 2.06. The van der Waals surface area contributed by atoms with Gasteiger partial charge >= 0.3 is 33.0 Å². The second-order valence-corrected chi connectivity index (χ2v) is 3.86. The van der Waals surface area contributed by atoms with Gasteiger partial charge in [-0.3, -0.25) is 0 Å². The first kappa shape index (κ1) is 17.5. The van der Waals surface area contributed by atoms with Gasteiger partial charge in [0.25, 0.3) is 0 Å². The van der Waals surface area contributed by atoms with Gasteiger partial charge in [0.2, 0.25) is 0 Å². The summed E-state index contributed by atoms with van der Waals surface area (Å²) in [4.78, 5) is 0. The van der Waals surface area contributed by atoms with E-state index in [-0.39, 0.29) is 0 Å². The first-order chi connectivity index (χ1) is 7.99. The lowest BCUT2D eigenvalue weighted by Crippen LogP contribution is -2.32. The molecule has 0 N–H and O–H groups in total. The van der Waals surface area contributed by atoms with Crippen LogP contribution < -0.4 is 0 Å². The van der Waals surface area contributed by atoms with E-state index >= 15 is 0 Å². The van der Waals surface area contributed by atoms with Crippen molar-refractivity contribution in [3.05, 3.63) is 0 Å². The summed E-state index contributed by atoms with van der Waals surface area (Å²) in [5, 5.41) is 0. The van der Waals surface area contributed by atoms with Gasteiger partial charge in [0.1, 0.15) is 0 Å². The van der Waals surface area contributed by atoms with E-state index in [2.05, 4.69) is 9.05 Å². The monoisotopic (exact) mass is 309 g/mol. The molecule has 0 aliphatic heterocycles. The Hall–Kier alpha value is -0.540. The molecule has 0 aliphatic carbocycles. The molecule has 0 saturated carbocycles. The molecule has 0 aromatic carbocycles. The highest BCUT2D eigenvalue weighted by molar-refractivity contribution is 7.33. The van der Waals surface area contributed by atoms with Gasteiger partial charge in [-0.2, -0.15) is 17.6 Å². The molecular weight excluding hydrogens is 303 g/mol. The highest BCUT2D eigenvalue weighted by Crippen LogP contribution is 2.33. The molecule has 0 aromatic rings. The number of hydrogen-bond donors (Lipinski definition) is 0. The molecule has 12 heteroatoms. The predicted molar refractivity (Wildman–Crippen MR) is 41.4 cm³/mol. The average molecular weight is 309 g/mol. The van der Waals surface area contributed by atoms with Crippen LogP contribution in [0.5, 0.6) is 0 Å². The normalized spacial score (nSPS) is 13.4. The summed E-state index contributed by atoms with van der Waals surface area (Å²) in [7, 11) is -3.64. The van der Waals surface area contributed by atoms with E-state index in [0.717, 1.165) is 0 Å². The molecule has 108 valence electrons. The molecular formula is C6H6F8O3P+. The van der Waals surface area contributed by atoms with E-state index in [9.17, 15) is 39.7 Å². The summed E-state index contributed by atoms with van der Waals surface area (Å²) in [6, 6.07) is 0. The van der Waals surface area contributed by atoms with Crippen molar-refractivity contribution < 1.29 is 48.7 Å². The molecule has 0 atom stereocenters. The maximum Gasteiger partial charge on any atom is 0.697 e. The van der Waals surface area contributed by atoms with Crippen LogP contribution in [0.25, 0.3) is 0 Å². The predicted octanol–water partition coefficient (Wildman–Crippen LogP) is 3.48. The van der Waals surface area contributed by atoms with Crippen molar-refractivity contribution in [2.75, 3.05) is 13.2 Å². The van der Waals surface area contributed by atoms with E-state index < -0.39 is 46.2 Å². The Bertz CT molecular complexity index is 258. The zero-order valence-electron chi connectivity index (χ0n) is 8.26. The molecule has 0 fully saturated rings. The van der Waals surface area contributed by atoms with Crippen LogP contribution in [0.1, 0.15) is 0 Å². The highest BCUT2D eigenvalue weighted by atomic mass is 31.1. The highest BCUT2D eigenvalue weighted by Gasteiger charge is 2.47. The molecule has 0 unspecified atom stereocenters. The minimum atomic E-state index is -4.65. The van der Waals surface area contributed by atoms with Gasteiger partial charge in [-0.05, 0) is 0 Å². The molecule has 0 rings (SSSR count). The smallest absolute Gasteiger partial charge is 0.203 e. The standard InChI is InChI=1S/C6H6F8O3P/c7-3(8)5(11,12)1-16-18(15)17-2-6(13,14)4(9)10/h3-4H,1-2H2/q+1. The molecule has 0 heterocycles. The van der Waals surface area contributed by atoms with Crippen molar-refractivity contribution in [1.29, 1.82) is 0 Å². The molecule has 0 radical (unpaired) electrons. The van der Waals surface area contributed by atoms with E-state index in [1.54, 1.807) is 0 Å². The van der Waals surface area contributed by atoms with Gasteiger partial charge < -0.3 is 0 Å². The number of hydrogen-bond acceptors (Lipinski definition) is 3. The van der Waals surface area contributed by atoms with Gasteiger partial charge in [-0.25, -0.2) is 17.6 Å². The van der Waals surface area contributed by atoms with Crippen molar-refractivity contribution in [3.8, 4) is 0 Å². The van der Waals surface area contributed by atoms with Gasteiger partial charge in [0.05, 0.1) is 0 Å². The SMILES string of the molecule is O=[P+](OCC(F)(F)C(F)F)OCC(F)(F)C(F)F. The molecule has 0 bridgehead atoms. The van der Waals surface area contributed by atoms with Gasteiger partial charge in [0.15, 0.2) is 13.2 Å². The Morgan fingerprint density at radius 3 is 1.33 bits per heavy atom. The maximum atomic E-state index is 12.2. The van der Waals surface area contributed by atoms with E-state index in [4.69, 9.17) is 0 Å². The van der Waals surface area contributed by atoms with Crippen LogP contribution in [-0.4, -0.2) is 37.9 Å². The molecule has 0 aromatic heterocycles. The topological polar surface area (TPSA) is 35.5 Å². The van der Waals surface area contributed by atoms with E-state index in [1.165, 1.54) is 0 Å². The summed E-state index contributed by atoms with van der Waals surface area (Å²) in [6.45, 7) is -4.11. The van der Waals surface area contributed by atoms with Gasteiger partial charge in [-0.15, -0.1) is 9.05 Å². The Morgan fingerprint density at radius 1 is 0.833 bits per heavy atom.